The molecule has 0 saturated carbocycles. The second-order valence-corrected chi connectivity index (χ2v) is 6.21. The van der Waals surface area contributed by atoms with Gasteiger partial charge in [0.05, 0.1) is 24.4 Å². The molecule has 7 nitrogen and oxygen atoms in total. The predicted octanol–water partition coefficient (Wildman–Crippen LogP) is 2.31. The molecule has 142 valence electrons. The average Bonchev–Trinajstić information content (AvgIpc) is 2.64. The van der Waals surface area contributed by atoms with Crippen molar-refractivity contribution in [2.24, 2.45) is 0 Å². The lowest BCUT2D eigenvalue weighted by molar-refractivity contribution is -0.122. The number of methoxy groups -OCH3 is 1. The monoisotopic (exact) mass is 368 g/mol. The van der Waals surface area contributed by atoms with E-state index in [9.17, 15) is 9.59 Å². The molecule has 2 aromatic rings. The number of carbonyl (C=O) groups is 1. The van der Waals surface area contributed by atoms with Gasteiger partial charge in [-0.05, 0) is 38.5 Å². The number of ether oxygens (including phenoxy) is 1. The summed E-state index contributed by atoms with van der Waals surface area (Å²) in [4.78, 5) is 25.0. The SMILES string of the molecule is C=C/C(=C\c1c(C)nnn(CC(=O)N[C@@H](C)c2ccc(C)cc2)c1=O)OC. The van der Waals surface area contributed by atoms with Crippen molar-refractivity contribution < 1.29 is 9.53 Å². The van der Waals surface area contributed by atoms with Gasteiger partial charge in [0.1, 0.15) is 12.3 Å². The molecule has 1 amide bonds. The lowest BCUT2D eigenvalue weighted by Gasteiger charge is -2.15. The van der Waals surface area contributed by atoms with Crippen LogP contribution in [0.25, 0.3) is 6.08 Å². The molecule has 1 N–H and O–H groups in total. The fourth-order valence-corrected chi connectivity index (χ4v) is 2.48. The molecule has 0 radical (unpaired) electrons. The van der Waals surface area contributed by atoms with Crippen molar-refractivity contribution in [3.8, 4) is 0 Å². The van der Waals surface area contributed by atoms with Gasteiger partial charge in [0.25, 0.3) is 5.56 Å². The van der Waals surface area contributed by atoms with Crippen LogP contribution in [0.3, 0.4) is 0 Å². The molecular weight excluding hydrogens is 344 g/mol. The van der Waals surface area contributed by atoms with E-state index in [4.69, 9.17) is 4.74 Å². The lowest BCUT2D eigenvalue weighted by atomic mass is 10.1. The van der Waals surface area contributed by atoms with Gasteiger partial charge in [0, 0.05) is 0 Å². The molecule has 0 aliphatic carbocycles. The Morgan fingerprint density at radius 3 is 2.59 bits per heavy atom. The molecule has 0 aliphatic heterocycles. The second-order valence-electron chi connectivity index (χ2n) is 6.21. The van der Waals surface area contributed by atoms with Gasteiger partial charge in [-0.3, -0.25) is 9.59 Å². The van der Waals surface area contributed by atoms with Crippen molar-refractivity contribution in [2.45, 2.75) is 33.4 Å². The summed E-state index contributed by atoms with van der Waals surface area (Å²) in [6, 6.07) is 7.71. The van der Waals surface area contributed by atoms with E-state index in [1.807, 2.05) is 38.1 Å². The smallest absolute Gasteiger partial charge is 0.277 e. The van der Waals surface area contributed by atoms with Crippen LogP contribution in [0.1, 0.15) is 35.3 Å². The number of nitrogens with one attached hydrogen (secondary N) is 1. The highest BCUT2D eigenvalue weighted by Crippen LogP contribution is 2.13. The lowest BCUT2D eigenvalue weighted by Crippen LogP contribution is -2.36. The van der Waals surface area contributed by atoms with Crippen LogP contribution in [0, 0.1) is 13.8 Å². The summed E-state index contributed by atoms with van der Waals surface area (Å²) >= 11 is 0. The number of hydrogen-bond acceptors (Lipinski definition) is 5. The summed E-state index contributed by atoms with van der Waals surface area (Å²) in [5, 5.41) is 10.7. The Balaban J connectivity index is 2.18. The highest BCUT2D eigenvalue weighted by atomic mass is 16.5. The third-order valence-corrected chi connectivity index (χ3v) is 4.13. The zero-order valence-electron chi connectivity index (χ0n) is 16.0. The largest absolute Gasteiger partial charge is 0.497 e. The Bertz CT molecular complexity index is 914. The van der Waals surface area contributed by atoms with Crippen molar-refractivity contribution in [1.82, 2.24) is 20.3 Å². The molecular formula is C20H24N4O3. The Kier molecular flexibility index (Phi) is 6.65. The van der Waals surface area contributed by atoms with Gasteiger partial charge in [-0.15, -0.1) is 5.10 Å². The van der Waals surface area contributed by atoms with Gasteiger partial charge in [-0.25, -0.2) is 4.68 Å². The molecule has 27 heavy (non-hydrogen) atoms. The summed E-state index contributed by atoms with van der Waals surface area (Å²) < 4.78 is 6.15. The van der Waals surface area contributed by atoms with E-state index in [1.54, 1.807) is 6.92 Å². The molecule has 1 heterocycles. The highest BCUT2D eigenvalue weighted by Gasteiger charge is 2.14. The highest BCUT2D eigenvalue weighted by molar-refractivity contribution is 5.76. The minimum atomic E-state index is -0.419. The van der Waals surface area contributed by atoms with Gasteiger partial charge in [0.15, 0.2) is 0 Å². The molecule has 0 aliphatic rings. The van der Waals surface area contributed by atoms with E-state index in [0.29, 0.717) is 17.0 Å². The first-order chi connectivity index (χ1) is 12.8. The number of allylic oxidation sites excluding steroid dienone is 1. The minimum Gasteiger partial charge on any atom is -0.497 e. The second kappa shape index (κ2) is 8.93. The van der Waals surface area contributed by atoms with Crippen molar-refractivity contribution in [3.05, 3.63) is 75.4 Å². The van der Waals surface area contributed by atoms with E-state index >= 15 is 0 Å². The first-order valence-corrected chi connectivity index (χ1v) is 8.54. The molecule has 1 atom stereocenters. The number of amides is 1. The van der Waals surface area contributed by atoms with E-state index in [1.165, 1.54) is 19.3 Å². The predicted molar refractivity (Wildman–Crippen MR) is 104 cm³/mol. The van der Waals surface area contributed by atoms with E-state index in [0.717, 1.165) is 15.8 Å². The number of benzene rings is 1. The normalized spacial score (nSPS) is 12.4. The third-order valence-electron chi connectivity index (χ3n) is 4.13. The molecule has 1 aromatic carbocycles. The number of aryl methyl sites for hydroxylation is 2. The molecule has 1 aromatic heterocycles. The maximum atomic E-state index is 12.6. The van der Waals surface area contributed by atoms with Crippen LogP contribution in [0.5, 0.6) is 0 Å². The minimum absolute atomic E-state index is 0.188. The van der Waals surface area contributed by atoms with Gasteiger partial charge < -0.3 is 10.1 Å². The van der Waals surface area contributed by atoms with Crippen LogP contribution in [-0.4, -0.2) is 28.0 Å². The number of carbonyl (C=O) groups excluding carboxylic acids is 1. The summed E-state index contributed by atoms with van der Waals surface area (Å²) in [7, 11) is 1.48. The molecule has 7 heteroatoms. The van der Waals surface area contributed by atoms with Crippen molar-refractivity contribution in [1.29, 1.82) is 0 Å². The van der Waals surface area contributed by atoms with E-state index < -0.39 is 5.56 Å². The standard InChI is InChI=1S/C20H24N4O3/c1-6-17(27-5)11-18-15(4)22-23-24(20(18)26)12-19(25)21-14(3)16-9-7-13(2)8-10-16/h6-11,14H,1,12H2,2-5H3,(H,21,25)/b17-11+/t14-/m0/s1. The van der Waals surface area contributed by atoms with Gasteiger partial charge in [0.2, 0.25) is 5.91 Å². The Morgan fingerprint density at radius 1 is 1.33 bits per heavy atom. The van der Waals surface area contributed by atoms with E-state index in [2.05, 4.69) is 22.2 Å². The Labute approximate surface area is 158 Å². The first kappa shape index (κ1) is 20.1. The van der Waals surface area contributed by atoms with Gasteiger partial charge in [-0.2, -0.15) is 0 Å². The van der Waals surface area contributed by atoms with E-state index in [-0.39, 0.29) is 18.5 Å². The van der Waals surface area contributed by atoms with Crippen LogP contribution >= 0.6 is 0 Å². The number of hydrogen-bond donors (Lipinski definition) is 1. The van der Waals surface area contributed by atoms with Crippen molar-refractivity contribution in [2.75, 3.05) is 7.11 Å². The number of rotatable bonds is 7. The quantitative estimate of drug-likeness (QED) is 0.599. The molecule has 0 spiro atoms. The van der Waals surface area contributed by atoms with Gasteiger partial charge in [-0.1, -0.05) is 41.6 Å². The zero-order valence-corrected chi connectivity index (χ0v) is 16.0. The fraction of sp³-hybridized carbons (Fsp3) is 0.300. The fourth-order valence-electron chi connectivity index (χ4n) is 2.48. The third kappa shape index (κ3) is 5.13. The van der Waals surface area contributed by atoms with Crippen LogP contribution < -0.4 is 10.9 Å². The summed E-state index contributed by atoms with van der Waals surface area (Å²) in [5.74, 6) is 0.0983. The van der Waals surface area contributed by atoms with Crippen LogP contribution in [0.15, 0.2) is 47.5 Å². The van der Waals surface area contributed by atoms with Gasteiger partial charge >= 0.3 is 0 Å². The molecule has 0 unspecified atom stereocenters. The Hall–Kier alpha value is -3.22. The topological polar surface area (TPSA) is 86.1 Å². The first-order valence-electron chi connectivity index (χ1n) is 8.54. The average molecular weight is 368 g/mol. The molecule has 0 bridgehead atoms. The molecule has 2 rings (SSSR count). The van der Waals surface area contributed by atoms with Crippen LogP contribution in [-0.2, 0) is 16.1 Å². The maximum absolute atomic E-state index is 12.6. The zero-order chi connectivity index (χ0) is 20.0. The summed E-state index contributed by atoms with van der Waals surface area (Å²) in [5.41, 5.74) is 2.46. The number of nitrogens with zero attached hydrogens (tertiary/aromatic N) is 3. The molecule has 0 fully saturated rings. The summed E-state index contributed by atoms with van der Waals surface area (Å²) in [6.07, 6.45) is 3.02. The molecule has 0 saturated heterocycles. The van der Waals surface area contributed by atoms with Crippen LogP contribution in [0.2, 0.25) is 0 Å². The Morgan fingerprint density at radius 2 is 2.00 bits per heavy atom. The number of aromatic nitrogens is 3. The summed E-state index contributed by atoms with van der Waals surface area (Å²) in [6.45, 7) is 8.95. The maximum Gasteiger partial charge on any atom is 0.277 e. The van der Waals surface area contributed by atoms with Crippen LogP contribution in [0.4, 0.5) is 0 Å². The van der Waals surface area contributed by atoms with Crippen molar-refractivity contribution in [3.63, 3.8) is 0 Å². The van der Waals surface area contributed by atoms with Crippen molar-refractivity contribution >= 4 is 12.0 Å².